The van der Waals surface area contributed by atoms with Gasteiger partial charge in [-0.3, -0.25) is 4.79 Å². The number of aliphatic hydroxyl groups is 1. The molecule has 4 nitrogen and oxygen atoms in total. The van der Waals surface area contributed by atoms with Crippen molar-refractivity contribution in [2.45, 2.75) is 39.3 Å². The molecule has 1 N–H and O–H groups in total. The third-order valence-electron chi connectivity index (χ3n) is 3.12. The van der Waals surface area contributed by atoms with Crippen molar-refractivity contribution in [1.82, 2.24) is 9.55 Å². The zero-order chi connectivity index (χ0) is 13.5. The number of rotatable bonds is 3. The number of hydrogen-bond acceptors (Lipinski definition) is 3. The normalized spacial score (nSPS) is 13.8. The lowest BCUT2D eigenvalue weighted by Gasteiger charge is -2.22. The molecule has 1 atom stereocenters. The SMILES string of the molecule is CC(=O)C(C)n1c(C(C)(C)O)nc2ccccc21. The van der Waals surface area contributed by atoms with E-state index in [2.05, 4.69) is 4.98 Å². The van der Waals surface area contributed by atoms with Gasteiger partial charge in [-0.15, -0.1) is 0 Å². The molecule has 0 radical (unpaired) electrons. The van der Waals surface area contributed by atoms with Gasteiger partial charge in [-0.2, -0.15) is 0 Å². The van der Waals surface area contributed by atoms with Gasteiger partial charge in [0.1, 0.15) is 11.4 Å². The number of carbonyl (C=O) groups is 1. The van der Waals surface area contributed by atoms with E-state index in [-0.39, 0.29) is 11.8 Å². The molecule has 0 amide bonds. The van der Waals surface area contributed by atoms with Gasteiger partial charge >= 0.3 is 0 Å². The van der Waals surface area contributed by atoms with Gasteiger partial charge in [-0.25, -0.2) is 4.98 Å². The van der Waals surface area contributed by atoms with E-state index in [1.807, 2.05) is 35.8 Å². The second-order valence-electron chi connectivity index (χ2n) is 5.14. The molecule has 0 aliphatic heterocycles. The molecule has 96 valence electrons. The summed E-state index contributed by atoms with van der Waals surface area (Å²) >= 11 is 0. The third-order valence-corrected chi connectivity index (χ3v) is 3.12. The summed E-state index contributed by atoms with van der Waals surface area (Å²) in [5.74, 6) is 0.565. The van der Waals surface area contributed by atoms with Gasteiger partial charge in [0.25, 0.3) is 0 Å². The van der Waals surface area contributed by atoms with E-state index in [0.29, 0.717) is 5.82 Å². The van der Waals surface area contributed by atoms with E-state index >= 15 is 0 Å². The summed E-state index contributed by atoms with van der Waals surface area (Å²) in [6.45, 7) is 6.73. The van der Waals surface area contributed by atoms with Crippen LogP contribution in [0.4, 0.5) is 0 Å². The molecule has 0 bridgehead atoms. The van der Waals surface area contributed by atoms with E-state index < -0.39 is 5.60 Å². The molecule has 1 heterocycles. The zero-order valence-corrected chi connectivity index (χ0v) is 11.1. The summed E-state index contributed by atoms with van der Waals surface area (Å²) in [5.41, 5.74) is 0.586. The number of benzene rings is 1. The van der Waals surface area contributed by atoms with E-state index in [4.69, 9.17) is 0 Å². The third kappa shape index (κ3) is 2.04. The Bertz CT molecular complexity index is 593. The molecule has 0 fully saturated rings. The van der Waals surface area contributed by atoms with Crippen LogP contribution in [0.2, 0.25) is 0 Å². The Kier molecular flexibility index (Phi) is 2.99. The average molecular weight is 246 g/mol. The van der Waals surface area contributed by atoms with Crippen molar-refractivity contribution in [3.63, 3.8) is 0 Å². The maximum absolute atomic E-state index is 11.6. The topological polar surface area (TPSA) is 55.1 Å². The van der Waals surface area contributed by atoms with Gasteiger partial charge in [-0.1, -0.05) is 12.1 Å². The molecule has 2 aromatic rings. The van der Waals surface area contributed by atoms with Crippen LogP contribution in [-0.2, 0) is 10.4 Å². The van der Waals surface area contributed by atoms with Gasteiger partial charge in [0.05, 0.1) is 17.1 Å². The molecule has 4 heteroatoms. The number of nitrogens with zero attached hydrogens (tertiary/aromatic N) is 2. The van der Waals surface area contributed by atoms with E-state index in [1.54, 1.807) is 20.8 Å². The first-order valence-electron chi connectivity index (χ1n) is 6.02. The lowest BCUT2D eigenvalue weighted by atomic mass is 10.1. The number of aromatic nitrogens is 2. The molecule has 1 unspecified atom stereocenters. The van der Waals surface area contributed by atoms with Crippen LogP contribution in [0, 0.1) is 0 Å². The van der Waals surface area contributed by atoms with Crippen LogP contribution in [0.15, 0.2) is 24.3 Å². The molecule has 1 aromatic carbocycles. The summed E-state index contributed by atoms with van der Waals surface area (Å²) < 4.78 is 1.82. The lowest BCUT2D eigenvalue weighted by Crippen LogP contribution is -2.26. The smallest absolute Gasteiger partial charge is 0.152 e. The highest BCUT2D eigenvalue weighted by atomic mass is 16.3. The average Bonchev–Trinajstić information content (AvgIpc) is 2.66. The minimum atomic E-state index is -1.08. The molecule has 0 saturated carbocycles. The van der Waals surface area contributed by atoms with Crippen LogP contribution in [0.1, 0.15) is 39.6 Å². The molecule has 0 aliphatic rings. The van der Waals surface area contributed by atoms with Crippen molar-refractivity contribution < 1.29 is 9.90 Å². The summed E-state index contributed by atoms with van der Waals surface area (Å²) in [6, 6.07) is 7.26. The fourth-order valence-electron chi connectivity index (χ4n) is 2.05. The van der Waals surface area contributed by atoms with E-state index in [1.165, 1.54) is 0 Å². The van der Waals surface area contributed by atoms with Crippen LogP contribution < -0.4 is 0 Å². The minimum Gasteiger partial charge on any atom is -0.383 e. The number of ketones is 1. The molecular formula is C14H18N2O2. The van der Waals surface area contributed by atoms with E-state index in [9.17, 15) is 9.90 Å². The first-order valence-corrected chi connectivity index (χ1v) is 6.02. The Morgan fingerprint density at radius 3 is 2.56 bits per heavy atom. The van der Waals surface area contributed by atoms with Gasteiger partial charge in [0.15, 0.2) is 5.78 Å². The second-order valence-corrected chi connectivity index (χ2v) is 5.14. The van der Waals surface area contributed by atoms with Crippen molar-refractivity contribution in [1.29, 1.82) is 0 Å². The van der Waals surface area contributed by atoms with Gasteiger partial charge in [0, 0.05) is 0 Å². The zero-order valence-electron chi connectivity index (χ0n) is 11.1. The molecule has 0 spiro atoms. The fourth-order valence-corrected chi connectivity index (χ4v) is 2.05. The molecule has 2 rings (SSSR count). The van der Waals surface area contributed by atoms with Crippen molar-refractivity contribution in [2.75, 3.05) is 0 Å². The Hall–Kier alpha value is -1.68. The van der Waals surface area contributed by atoms with E-state index in [0.717, 1.165) is 11.0 Å². The Labute approximate surface area is 106 Å². The summed E-state index contributed by atoms with van der Waals surface area (Å²) in [6.07, 6.45) is 0. The maximum Gasteiger partial charge on any atom is 0.152 e. The first-order chi connectivity index (χ1) is 8.32. The number of Topliss-reactive ketones (excluding diaryl/α,β-unsaturated/α-hetero) is 1. The maximum atomic E-state index is 11.6. The lowest BCUT2D eigenvalue weighted by molar-refractivity contribution is -0.119. The van der Waals surface area contributed by atoms with Gasteiger partial charge in [0.2, 0.25) is 0 Å². The van der Waals surface area contributed by atoms with Crippen LogP contribution >= 0.6 is 0 Å². The monoisotopic (exact) mass is 246 g/mol. The van der Waals surface area contributed by atoms with Crippen LogP contribution in [-0.4, -0.2) is 20.4 Å². The molecule has 1 aromatic heterocycles. The van der Waals surface area contributed by atoms with Crippen LogP contribution in [0.25, 0.3) is 11.0 Å². The Balaban J connectivity index is 2.77. The Morgan fingerprint density at radius 2 is 2.00 bits per heavy atom. The van der Waals surface area contributed by atoms with Crippen LogP contribution in [0.3, 0.4) is 0 Å². The number of imidazole rings is 1. The second kappa shape index (κ2) is 4.21. The van der Waals surface area contributed by atoms with Crippen molar-refractivity contribution in [3.8, 4) is 0 Å². The van der Waals surface area contributed by atoms with Crippen molar-refractivity contribution in [2.24, 2.45) is 0 Å². The highest BCUT2D eigenvalue weighted by molar-refractivity contribution is 5.84. The highest BCUT2D eigenvalue weighted by Crippen LogP contribution is 2.28. The Morgan fingerprint density at radius 1 is 1.39 bits per heavy atom. The predicted molar refractivity (Wildman–Crippen MR) is 70.4 cm³/mol. The highest BCUT2D eigenvalue weighted by Gasteiger charge is 2.28. The molecular weight excluding hydrogens is 228 g/mol. The molecule has 0 aliphatic carbocycles. The number of fused-ring (bicyclic) bond motifs is 1. The fraction of sp³-hybridized carbons (Fsp3) is 0.429. The summed E-state index contributed by atoms with van der Waals surface area (Å²) in [4.78, 5) is 16.1. The standard InChI is InChI=1S/C14H18N2O2/c1-9(10(2)17)16-12-8-6-5-7-11(12)15-13(16)14(3,4)18/h5-9,18H,1-4H3. The number of para-hydroxylation sites is 2. The summed E-state index contributed by atoms with van der Waals surface area (Å²) in [7, 11) is 0. The van der Waals surface area contributed by atoms with Gasteiger partial charge < -0.3 is 9.67 Å². The molecule has 0 saturated heterocycles. The quantitative estimate of drug-likeness (QED) is 0.904. The largest absolute Gasteiger partial charge is 0.383 e. The van der Waals surface area contributed by atoms with Crippen LogP contribution in [0.5, 0.6) is 0 Å². The predicted octanol–water partition coefficient (Wildman–Crippen LogP) is 2.41. The first kappa shape index (κ1) is 12.8. The van der Waals surface area contributed by atoms with Crippen molar-refractivity contribution in [3.05, 3.63) is 30.1 Å². The number of carbonyl (C=O) groups excluding carboxylic acids is 1. The number of hydrogen-bond donors (Lipinski definition) is 1. The van der Waals surface area contributed by atoms with Gasteiger partial charge in [-0.05, 0) is 39.8 Å². The summed E-state index contributed by atoms with van der Waals surface area (Å²) in [5, 5.41) is 10.2. The molecule has 18 heavy (non-hydrogen) atoms. The van der Waals surface area contributed by atoms with Crippen molar-refractivity contribution >= 4 is 16.8 Å². The minimum absolute atomic E-state index is 0.0450.